The van der Waals surface area contributed by atoms with Crippen molar-refractivity contribution in [2.24, 2.45) is 0 Å². The molecular formula is C10H12BO3Y+2. The Morgan fingerprint density at radius 2 is 1.93 bits per heavy atom. The first kappa shape index (κ1) is 15.1. The van der Waals surface area contributed by atoms with Crippen LogP contribution < -0.4 is 4.74 Å². The number of ether oxygens (including phenoxy) is 2. The van der Waals surface area contributed by atoms with Gasteiger partial charge in [-0.25, -0.2) is 0 Å². The second-order valence-corrected chi connectivity index (χ2v) is 2.70. The molecule has 1 aromatic carbocycles. The Bertz CT molecular complexity index is 246. The van der Waals surface area contributed by atoms with Gasteiger partial charge >= 0.3 is 32.7 Å². The van der Waals surface area contributed by atoms with Gasteiger partial charge < -0.3 is 21.1 Å². The van der Waals surface area contributed by atoms with E-state index in [2.05, 4.69) is 11.6 Å². The fourth-order valence-corrected chi connectivity index (χ4v) is 0.890. The van der Waals surface area contributed by atoms with Crippen LogP contribution in [0.15, 0.2) is 30.3 Å². The second kappa shape index (κ2) is 9.34. The summed E-state index contributed by atoms with van der Waals surface area (Å²) in [4.78, 5) is 0. The van der Waals surface area contributed by atoms with E-state index in [1.807, 2.05) is 30.3 Å². The van der Waals surface area contributed by atoms with E-state index in [1.54, 1.807) is 0 Å². The maximum absolute atomic E-state index is 5.38. The zero-order valence-corrected chi connectivity index (χ0v) is 11.3. The minimum atomic E-state index is -0.293. The molecule has 5 heteroatoms. The molecule has 1 rings (SSSR count). The first-order valence-electron chi connectivity index (χ1n) is 4.27. The van der Waals surface area contributed by atoms with Crippen LogP contribution in [-0.2, 0) is 42.1 Å². The molecule has 0 aliphatic heterocycles. The molecule has 0 saturated carbocycles. The van der Waals surface area contributed by atoms with E-state index in [0.717, 1.165) is 5.75 Å². The molecule has 1 unspecified atom stereocenters. The zero-order valence-electron chi connectivity index (χ0n) is 8.46. The second-order valence-electron chi connectivity index (χ2n) is 2.70. The van der Waals surface area contributed by atoms with Crippen molar-refractivity contribution in [2.45, 2.75) is 6.10 Å². The van der Waals surface area contributed by atoms with Crippen LogP contribution in [0.1, 0.15) is 0 Å². The minimum Gasteiger partial charge on any atom is -0.494 e. The smallest absolute Gasteiger partial charge is 0.494 e. The van der Waals surface area contributed by atoms with Crippen LogP contribution in [0, 0.1) is 6.92 Å². The zero-order chi connectivity index (χ0) is 10.2. The molecule has 0 bridgehead atoms. The molecular weight excluding hydrogens is 268 g/mol. The van der Waals surface area contributed by atoms with Crippen LogP contribution in [0.25, 0.3) is 0 Å². The SMILES string of the molecule is [B]OCOC([CH2-])COc1ccccc1.[Y+3]. The molecule has 0 aliphatic carbocycles. The van der Waals surface area contributed by atoms with Crippen LogP contribution >= 0.6 is 0 Å². The van der Waals surface area contributed by atoms with Gasteiger partial charge in [0, 0.05) is 0 Å². The fourth-order valence-electron chi connectivity index (χ4n) is 0.890. The van der Waals surface area contributed by atoms with Crippen molar-refractivity contribution in [2.75, 3.05) is 13.4 Å². The van der Waals surface area contributed by atoms with E-state index >= 15 is 0 Å². The molecule has 0 saturated heterocycles. The molecule has 0 N–H and O–H groups in total. The van der Waals surface area contributed by atoms with Crippen LogP contribution in [0.5, 0.6) is 5.75 Å². The van der Waals surface area contributed by atoms with Crippen LogP contribution in [0.3, 0.4) is 0 Å². The average molecular weight is 280 g/mol. The number of rotatable bonds is 6. The Balaban J connectivity index is 0.00000196. The normalized spacial score (nSPS) is 11.5. The van der Waals surface area contributed by atoms with Crippen molar-refractivity contribution >= 4 is 8.05 Å². The quantitative estimate of drug-likeness (QED) is 0.447. The van der Waals surface area contributed by atoms with Crippen molar-refractivity contribution in [3.05, 3.63) is 37.3 Å². The Morgan fingerprint density at radius 3 is 2.53 bits per heavy atom. The largest absolute Gasteiger partial charge is 3.00 e. The standard InChI is InChI=1S/C10H12BO3.Y/c1-9(13-8-14-11)7-12-10-5-3-2-4-6-10;/h2-6,9H,1,7-8H2;/q-1;+3. The van der Waals surface area contributed by atoms with E-state index in [9.17, 15) is 0 Å². The molecule has 15 heavy (non-hydrogen) atoms. The van der Waals surface area contributed by atoms with Gasteiger partial charge in [-0.15, -0.1) is 0 Å². The van der Waals surface area contributed by atoms with Crippen molar-refractivity contribution in [1.29, 1.82) is 0 Å². The third-order valence-electron chi connectivity index (χ3n) is 1.55. The molecule has 3 nitrogen and oxygen atoms in total. The Labute approximate surface area is 117 Å². The van der Waals surface area contributed by atoms with E-state index in [-0.39, 0.29) is 45.6 Å². The van der Waals surface area contributed by atoms with Gasteiger partial charge in [-0.05, 0) is 18.2 Å². The van der Waals surface area contributed by atoms with Crippen LogP contribution in [0.4, 0.5) is 0 Å². The molecule has 1 aromatic rings. The minimum absolute atomic E-state index is 0. The first-order valence-corrected chi connectivity index (χ1v) is 4.27. The summed E-state index contributed by atoms with van der Waals surface area (Å²) in [6.07, 6.45) is -0.293. The van der Waals surface area contributed by atoms with Gasteiger partial charge in [0.1, 0.15) is 12.5 Å². The van der Waals surface area contributed by atoms with Crippen molar-refractivity contribution in [1.82, 2.24) is 0 Å². The molecule has 0 aromatic heterocycles. The first-order chi connectivity index (χ1) is 6.83. The van der Waals surface area contributed by atoms with Gasteiger partial charge in [0.05, 0.1) is 6.61 Å². The van der Waals surface area contributed by atoms with Crippen molar-refractivity contribution in [3.63, 3.8) is 0 Å². The maximum atomic E-state index is 5.38. The van der Waals surface area contributed by atoms with Crippen molar-refractivity contribution in [3.8, 4) is 5.75 Å². The summed E-state index contributed by atoms with van der Waals surface area (Å²) in [5, 5.41) is 0. The molecule has 0 heterocycles. The topological polar surface area (TPSA) is 27.7 Å². The van der Waals surface area contributed by atoms with E-state index in [1.165, 1.54) is 0 Å². The predicted octanol–water partition coefficient (Wildman–Crippen LogP) is 1.34. The third kappa shape index (κ3) is 7.07. The summed E-state index contributed by atoms with van der Waals surface area (Å²) in [6, 6.07) is 9.46. The summed E-state index contributed by atoms with van der Waals surface area (Å²) in [5.74, 6) is 0.790. The van der Waals surface area contributed by atoms with E-state index < -0.39 is 0 Å². The number of hydrogen-bond acceptors (Lipinski definition) is 3. The molecule has 74 valence electrons. The number of para-hydroxylation sites is 1. The maximum Gasteiger partial charge on any atom is 3.00 e. The third-order valence-corrected chi connectivity index (χ3v) is 1.55. The molecule has 0 spiro atoms. The summed E-state index contributed by atoms with van der Waals surface area (Å²) in [7, 11) is 4.79. The van der Waals surface area contributed by atoms with Gasteiger partial charge in [0.2, 0.25) is 0 Å². The summed E-state index contributed by atoms with van der Waals surface area (Å²) >= 11 is 0. The van der Waals surface area contributed by atoms with E-state index in [0.29, 0.717) is 6.61 Å². The summed E-state index contributed by atoms with van der Waals surface area (Å²) < 4.78 is 14.7. The van der Waals surface area contributed by atoms with Gasteiger partial charge in [-0.3, -0.25) is 0 Å². The Hall–Kier alpha value is 0.109. The van der Waals surface area contributed by atoms with E-state index in [4.69, 9.17) is 17.5 Å². The fraction of sp³-hybridized carbons (Fsp3) is 0.300. The van der Waals surface area contributed by atoms with Gasteiger partial charge in [0.15, 0.2) is 0 Å². The summed E-state index contributed by atoms with van der Waals surface area (Å²) in [5.41, 5.74) is 0. The number of hydrogen-bond donors (Lipinski definition) is 0. The Morgan fingerprint density at radius 1 is 1.27 bits per heavy atom. The van der Waals surface area contributed by atoms with Gasteiger partial charge in [-0.2, -0.15) is 0 Å². The van der Waals surface area contributed by atoms with Gasteiger partial charge in [0.25, 0.3) is 8.05 Å². The molecule has 2 radical (unpaired) electrons. The average Bonchev–Trinajstić information content (AvgIpc) is 2.25. The molecule has 0 fully saturated rings. The predicted molar refractivity (Wildman–Crippen MR) is 53.9 cm³/mol. The Kier molecular flexibility index (Phi) is 9.41. The van der Waals surface area contributed by atoms with Gasteiger partial charge in [-0.1, -0.05) is 18.2 Å². The van der Waals surface area contributed by atoms with Crippen LogP contribution in [0.2, 0.25) is 0 Å². The summed E-state index contributed by atoms with van der Waals surface area (Å²) in [6.45, 7) is 4.10. The van der Waals surface area contributed by atoms with Crippen molar-refractivity contribution < 1.29 is 46.8 Å². The molecule has 1 atom stereocenters. The monoisotopic (exact) mass is 280 g/mol. The molecule has 0 amide bonds. The molecule has 0 aliphatic rings. The number of benzene rings is 1. The van der Waals surface area contributed by atoms with Crippen LogP contribution in [-0.4, -0.2) is 27.6 Å².